The molecule has 2 N–H and O–H groups in total. The van der Waals surface area contributed by atoms with Gasteiger partial charge in [0.1, 0.15) is 6.61 Å². The van der Waals surface area contributed by atoms with Crippen molar-refractivity contribution in [2.45, 2.75) is 6.54 Å². The summed E-state index contributed by atoms with van der Waals surface area (Å²) in [5.74, 6) is 5.09. The predicted octanol–water partition coefficient (Wildman–Crippen LogP) is 2.27. The Morgan fingerprint density at radius 1 is 1.58 bits per heavy atom. The Bertz CT molecular complexity index is 636. The van der Waals surface area contributed by atoms with E-state index in [0.717, 1.165) is 10.4 Å². The van der Waals surface area contributed by atoms with Crippen molar-refractivity contribution in [3.63, 3.8) is 0 Å². The lowest BCUT2D eigenvalue weighted by atomic mass is 10.3. The molecule has 2 aromatic rings. The molecule has 0 fully saturated rings. The Morgan fingerprint density at radius 2 is 2.42 bits per heavy atom. The van der Waals surface area contributed by atoms with Crippen molar-refractivity contribution in [2.24, 2.45) is 0 Å². The highest BCUT2D eigenvalue weighted by molar-refractivity contribution is 7.10. The van der Waals surface area contributed by atoms with Crippen LogP contribution in [0, 0.1) is 11.8 Å². The average molecular weight is 296 g/mol. The minimum Gasteiger partial charge on any atom is -0.452 e. The average Bonchev–Trinajstić information content (AvgIpc) is 3.02. The molecule has 0 aliphatic rings. The molecule has 0 aliphatic heterocycles. The van der Waals surface area contributed by atoms with Crippen LogP contribution in [0.1, 0.15) is 20.8 Å². The van der Waals surface area contributed by atoms with Crippen LogP contribution in [-0.4, -0.2) is 17.6 Å². The van der Waals surface area contributed by atoms with E-state index in [1.54, 1.807) is 0 Å². The Morgan fingerprint density at radius 3 is 3.11 bits per heavy atom. The van der Waals surface area contributed by atoms with Crippen molar-refractivity contribution in [1.29, 1.82) is 0 Å². The number of nitrogens with one attached hydrogen (secondary N) is 1. The first-order valence-corrected chi connectivity index (χ1v) is 6.65. The molecule has 0 aliphatic carbocycles. The van der Waals surface area contributed by atoms with Gasteiger partial charge in [-0.25, -0.2) is 0 Å². The summed E-state index contributed by atoms with van der Waals surface area (Å²) in [5.41, 5.74) is 1.14. The number of hydrogen-bond donors (Lipinski definition) is 2. The highest BCUT2D eigenvalue weighted by Gasteiger charge is 2.12. The summed E-state index contributed by atoms with van der Waals surface area (Å²) in [6.07, 6.45) is 1.37. The number of thiophene rings is 1. The SMILES string of the molecule is O=C(NCc1cc(C#CCO)cs1)c1ccoc1Cl. The lowest BCUT2D eigenvalue weighted by molar-refractivity contribution is 0.0951. The summed E-state index contributed by atoms with van der Waals surface area (Å²) < 4.78 is 4.85. The molecule has 0 atom stereocenters. The van der Waals surface area contributed by atoms with E-state index in [0.29, 0.717) is 12.1 Å². The van der Waals surface area contributed by atoms with E-state index in [9.17, 15) is 4.79 Å². The summed E-state index contributed by atoms with van der Waals surface area (Å²) in [6.45, 7) is 0.229. The second-order valence-electron chi connectivity index (χ2n) is 3.55. The van der Waals surface area contributed by atoms with E-state index in [4.69, 9.17) is 21.1 Å². The van der Waals surface area contributed by atoms with Crippen LogP contribution in [0.25, 0.3) is 0 Å². The first-order chi connectivity index (χ1) is 9.20. The molecule has 0 spiro atoms. The third-order valence-corrected chi connectivity index (χ3v) is 3.48. The maximum atomic E-state index is 11.8. The van der Waals surface area contributed by atoms with Crippen molar-refractivity contribution in [3.8, 4) is 11.8 Å². The van der Waals surface area contributed by atoms with Crippen LogP contribution >= 0.6 is 22.9 Å². The largest absolute Gasteiger partial charge is 0.452 e. The zero-order valence-corrected chi connectivity index (χ0v) is 11.3. The molecule has 0 radical (unpaired) electrons. The normalized spacial score (nSPS) is 9.79. The van der Waals surface area contributed by atoms with Crippen molar-refractivity contribution >= 4 is 28.8 Å². The number of aliphatic hydroxyl groups is 1. The summed E-state index contributed by atoms with van der Waals surface area (Å²) in [4.78, 5) is 12.7. The molecule has 19 heavy (non-hydrogen) atoms. The summed E-state index contributed by atoms with van der Waals surface area (Å²) in [5, 5.41) is 13.3. The van der Waals surface area contributed by atoms with Gasteiger partial charge in [0.25, 0.3) is 5.91 Å². The fraction of sp³-hybridized carbons (Fsp3) is 0.154. The standard InChI is InChI=1S/C13H10ClNO3S/c14-12-11(3-5-18-12)13(17)15-7-10-6-9(8-19-10)2-1-4-16/h3,5-6,8,16H,4,7H2,(H,15,17). The molecule has 2 aromatic heterocycles. The van der Waals surface area contributed by atoms with Crippen LogP contribution < -0.4 is 5.32 Å². The van der Waals surface area contributed by atoms with E-state index in [1.165, 1.54) is 23.7 Å². The molecule has 0 saturated heterocycles. The van der Waals surface area contributed by atoms with E-state index in [-0.39, 0.29) is 17.7 Å². The van der Waals surface area contributed by atoms with Crippen LogP contribution in [0.15, 0.2) is 28.2 Å². The van der Waals surface area contributed by atoms with Crippen molar-refractivity contribution in [3.05, 3.63) is 45.0 Å². The van der Waals surface area contributed by atoms with Gasteiger partial charge in [-0.3, -0.25) is 4.79 Å². The molecular weight excluding hydrogens is 286 g/mol. The molecular formula is C13H10ClNO3S. The van der Waals surface area contributed by atoms with Crippen LogP contribution in [-0.2, 0) is 6.54 Å². The zero-order chi connectivity index (χ0) is 13.7. The van der Waals surface area contributed by atoms with Crippen molar-refractivity contribution in [1.82, 2.24) is 5.32 Å². The van der Waals surface area contributed by atoms with E-state index < -0.39 is 0 Å². The van der Waals surface area contributed by atoms with E-state index in [1.807, 2.05) is 11.4 Å². The molecule has 0 aromatic carbocycles. The molecule has 6 heteroatoms. The molecule has 98 valence electrons. The molecule has 0 saturated carbocycles. The van der Waals surface area contributed by atoms with Gasteiger partial charge >= 0.3 is 0 Å². The van der Waals surface area contributed by atoms with Gasteiger partial charge in [0.15, 0.2) is 0 Å². The number of carbonyl (C=O) groups excluding carboxylic acids is 1. The Kier molecular flexibility index (Phi) is 4.63. The predicted molar refractivity (Wildman–Crippen MR) is 73.2 cm³/mol. The highest BCUT2D eigenvalue weighted by atomic mass is 35.5. The van der Waals surface area contributed by atoms with Crippen LogP contribution in [0.4, 0.5) is 0 Å². The molecule has 0 bridgehead atoms. The van der Waals surface area contributed by atoms with Crippen LogP contribution in [0.3, 0.4) is 0 Å². The number of furan rings is 1. The molecule has 0 unspecified atom stereocenters. The third-order valence-electron chi connectivity index (χ3n) is 2.25. The Labute approximate surface area is 119 Å². The smallest absolute Gasteiger partial charge is 0.256 e. The number of aliphatic hydroxyl groups excluding tert-OH is 1. The van der Waals surface area contributed by atoms with Gasteiger partial charge in [0.2, 0.25) is 5.22 Å². The monoisotopic (exact) mass is 295 g/mol. The summed E-state index contributed by atoms with van der Waals surface area (Å²) in [6, 6.07) is 3.38. The van der Waals surface area contributed by atoms with Gasteiger partial charge in [0.05, 0.1) is 18.4 Å². The molecule has 2 heterocycles. The van der Waals surface area contributed by atoms with Crippen molar-refractivity contribution in [2.75, 3.05) is 6.61 Å². The fourth-order valence-electron chi connectivity index (χ4n) is 1.40. The first kappa shape index (κ1) is 13.7. The lowest BCUT2D eigenvalue weighted by Gasteiger charge is -2.01. The van der Waals surface area contributed by atoms with Gasteiger partial charge in [-0.15, -0.1) is 11.3 Å². The maximum absolute atomic E-state index is 11.8. The van der Waals surface area contributed by atoms with E-state index in [2.05, 4.69) is 17.2 Å². The number of hydrogen-bond acceptors (Lipinski definition) is 4. The summed E-state index contributed by atoms with van der Waals surface area (Å²) in [7, 11) is 0. The van der Waals surface area contributed by atoms with Gasteiger partial charge < -0.3 is 14.8 Å². The number of carbonyl (C=O) groups is 1. The second-order valence-corrected chi connectivity index (χ2v) is 4.89. The zero-order valence-electron chi connectivity index (χ0n) is 9.77. The summed E-state index contributed by atoms with van der Waals surface area (Å²) >= 11 is 7.20. The number of amides is 1. The minimum absolute atomic E-state index is 0.0816. The van der Waals surface area contributed by atoms with Gasteiger partial charge in [-0.05, 0) is 23.7 Å². The van der Waals surface area contributed by atoms with Gasteiger partial charge in [-0.2, -0.15) is 0 Å². The quantitative estimate of drug-likeness (QED) is 0.854. The van der Waals surface area contributed by atoms with Crippen LogP contribution in [0.2, 0.25) is 5.22 Å². The molecule has 1 amide bonds. The first-order valence-electron chi connectivity index (χ1n) is 5.39. The number of halogens is 1. The minimum atomic E-state index is -0.282. The number of rotatable bonds is 3. The van der Waals surface area contributed by atoms with Crippen LogP contribution in [0.5, 0.6) is 0 Å². The molecule has 2 rings (SSSR count). The third kappa shape index (κ3) is 3.61. The second kappa shape index (κ2) is 6.43. The topological polar surface area (TPSA) is 62.5 Å². The van der Waals surface area contributed by atoms with Crippen molar-refractivity contribution < 1.29 is 14.3 Å². The van der Waals surface area contributed by atoms with Gasteiger partial charge in [0, 0.05) is 15.8 Å². The molecule has 4 nitrogen and oxygen atoms in total. The van der Waals surface area contributed by atoms with Gasteiger partial charge in [-0.1, -0.05) is 11.8 Å². The fourth-order valence-corrected chi connectivity index (χ4v) is 2.35. The lowest BCUT2D eigenvalue weighted by Crippen LogP contribution is -2.22. The van der Waals surface area contributed by atoms with E-state index >= 15 is 0 Å². The Balaban J connectivity index is 1.94. The maximum Gasteiger partial charge on any atom is 0.256 e. The Hall–Kier alpha value is -1.74. The highest BCUT2D eigenvalue weighted by Crippen LogP contribution is 2.17.